The molecule has 0 aromatic heterocycles. The standard InChI is InChI=1S/C22H22F4N2O6S/c1-20(2,15-10-12(23)8-9-16(15)28-35(3,32)33)11-21(31,22(24,25)26)19(30)27-17-13-6-4-5-7-14(13)18(29)34-17/h4-10,17,28,31H,11H2,1-3H3,(H,27,30). The normalized spacial score (nSPS) is 17.8. The Kier molecular flexibility index (Phi) is 6.63. The molecule has 0 bridgehead atoms. The maximum absolute atomic E-state index is 14.1. The Labute approximate surface area is 198 Å². The van der Waals surface area contributed by atoms with Gasteiger partial charge in [-0.25, -0.2) is 17.6 Å². The monoisotopic (exact) mass is 518 g/mol. The van der Waals surface area contributed by atoms with Gasteiger partial charge in [0.05, 0.1) is 17.5 Å². The fraction of sp³-hybridized carbons (Fsp3) is 0.364. The number of sulfonamides is 1. The molecule has 1 heterocycles. The van der Waals surface area contributed by atoms with Crippen LogP contribution in [0.15, 0.2) is 42.5 Å². The minimum atomic E-state index is -5.51. The summed E-state index contributed by atoms with van der Waals surface area (Å²) in [5.74, 6) is -3.64. The van der Waals surface area contributed by atoms with Crippen molar-refractivity contribution in [1.82, 2.24) is 5.32 Å². The summed E-state index contributed by atoms with van der Waals surface area (Å²) in [5, 5.41) is 12.6. The van der Waals surface area contributed by atoms with Crippen LogP contribution in [0.1, 0.15) is 48.0 Å². The van der Waals surface area contributed by atoms with Gasteiger partial charge in [0.1, 0.15) is 5.82 Å². The molecule has 3 N–H and O–H groups in total. The Morgan fingerprint density at radius 2 is 1.77 bits per heavy atom. The second-order valence-corrected chi connectivity index (χ2v) is 10.6. The maximum atomic E-state index is 14.1. The number of fused-ring (bicyclic) bond motifs is 1. The highest BCUT2D eigenvalue weighted by Gasteiger charge is 2.62. The third-order valence-electron chi connectivity index (χ3n) is 5.50. The lowest BCUT2D eigenvalue weighted by atomic mass is 9.74. The summed E-state index contributed by atoms with van der Waals surface area (Å²) in [7, 11) is -3.90. The summed E-state index contributed by atoms with van der Waals surface area (Å²) in [5.41, 5.74) is -6.10. The van der Waals surface area contributed by atoms with E-state index >= 15 is 0 Å². The fourth-order valence-corrected chi connectivity index (χ4v) is 4.48. The molecule has 190 valence electrons. The van der Waals surface area contributed by atoms with Crippen molar-refractivity contribution in [2.75, 3.05) is 11.0 Å². The molecule has 2 aromatic carbocycles. The number of carbonyl (C=O) groups is 2. The summed E-state index contributed by atoms with van der Waals surface area (Å²) in [6, 6.07) is 8.47. The first-order chi connectivity index (χ1) is 15.9. The van der Waals surface area contributed by atoms with Gasteiger partial charge in [-0.2, -0.15) is 13.2 Å². The number of esters is 1. The van der Waals surface area contributed by atoms with E-state index in [0.29, 0.717) is 0 Å². The van der Waals surface area contributed by atoms with Gasteiger partial charge in [0.25, 0.3) is 5.91 Å². The van der Waals surface area contributed by atoms with E-state index in [2.05, 4.69) is 4.72 Å². The lowest BCUT2D eigenvalue weighted by molar-refractivity contribution is -0.258. The van der Waals surface area contributed by atoms with Crippen molar-refractivity contribution in [1.29, 1.82) is 0 Å². The third-order valence-corrected chi connectivity index (χ3v) is 6.09. The third kappa shape index (κ3) is 5.40. The van der Waals surface area contributed by atoms with E-state index in [1.165, 1.54) is 38.1 Å². The van der Waals surface area contributed by atoms with Crippen LogP contribution in [0, 0.1) is 5.82 Å². The van der Waals surface area contributed by atoms with Gasteiger partial charge >= 0.3 is 12.1 Å². The van der Waals surface area contributed by atoms with Crippen LogP contribution >= 0.6 is 0 Å². The summed E-state index contributed by atoms with van der Waals surface area (Å²) >= 11 is 0. The van der Waals surface area contributed by atoms with Crippen molar-refractivity contribution in [2.24, 2.45) is 0 Å². The molecular formula is C22H22F4N2O6S. The predicted octanol–water partition coefficient (Wildman–Crippen LogP) is 3.14. The lowest BCUT2D eigenvalue weighted by Gasteiger charge is -2.37. The first-order valence-corrected chi connectivity index (χ1v) is 12.0. The number of anilines is 1. The van der Waals surface area contributed by atoms with Crippen molar-refractivity contribution in [3.8, 4) is 0 Å². The number of ether oxygens (including phenoxy) is 1. The van der Waals surface area contributed by atoms with Crippen molar-refractivity contribution in [3.63, 3.8) is 0 Å². The van der Waals surface area contributed by atoms with Crippen LogP contribution in [0.2, 0.25) is 0 Å². The first-order valence-electron chi connectivity index (χ1n) is 10.1. The number of alkyl halides is 3. The van der Waals surface area contributed by atoms with Crippen LogP contribution in [0.4, 0.5) is 23.2 Å². The molecule has 0 saturated carbocycles. The van der Waals surface area contributed by atoms with E-state index in [1.807, 2.05) is 5.32 Å². The molecule has 2 atom stereocenters. The average molecular weight is 518 g/mol. The van der Waals surface area contributed by atoms with Crippen molar-refractivity contribution < 1.29 is 45.4 Å². The SMILES string of the molecule is CC(C)(CC(O)(C(=O)NC1OC(=O)c2ccccc21)C(F)(F)F)c1cc(F)ccc1NS(C)(=O)=O. The maximum Gasteiger partial charge on any atom is 0.426 e. The van der Waals surface area contributed by atoms with Gasteiger partial charge in [0, 0.05) is 12.0 Å². The highest BCUT2D eigenvalue weighted by atomic mass is 32.2. The number of cyclic esters (lactones) is 1. The van der Waals surface area contributed by atoms with E-state index in [4.69, 9.17) is 4.74 Å². The molecule has 2 unspecified atom stereocenters. The molecule has 2 aromatic rings. The van der Waals surface area contributed by atoms with E-state index in [9.17, 15) is 40.7 Å². The lowest BCUT2D eigenvalue weighted by Crippen LogP contribution is -2.59. The number of benzene rings is 2. The number of hydrogen-bond donors (Lipinski definition) is 3. The largest absolute Gasteiger partial charge is 0.434 e. The Morgan fingerprint density at radius 1 is 1.14 bits per heavy atom. The zero-order valence-electron chi connectivity index (χ0n) is 18.7. The minimum Gasteiger partial charge on any atom is -0.434 e. The van der Waals surface area contributed by atoms with Gasteiger partial charge in [-0.3, -0.25) is 9.52 Å². The van der Waals surface area contributed by atoms with E-state index in [-0.39, 0.29) is 22.4 Å². The first kappa shape index (κ1) is 26.4. The summed E-state index contributed by atoms with van der Waals surface area (Å²) in [4.78, 5) is 24.8. The van der Waals surface area contributed by atoms with Gasteiger partial charge in [0.2, 0.25) is 21.9 Å². The van der Waals surface area contributed by atoms with Crippen molar-refractivity contribution >= 4 is 27.6 Å². The Morgan fingerprint density at radius 3 is 2.37 bits per heavy atom. The number of amides is 1. The molecule has 1 aliphatic heterocycles. The zero-order valence-corrected chi connectivity index (χ0v) is 19.6. The molecule has 35 heavy (non-hydrogen) atoms. The van der Waals surface area contributed by atoms with Crippen LogP contribution in [-0.4, -0.2) is 43.4 Å². The predicted molar refractivity (Wildman–Crippen MR) is 116 cm³/mol. The zero-order chi connectivity index (χ0) is 26.4. The van der Waals surface area contributed by atoms with E-state index in [1.54, 1.807) is 0 Å². The van der Waals surface area contributed by atoms with Gasteiger partial charge in [-0.15, -0.1) is 0 Å². The molecule has 8 nitrogen and oxygen atoms in total. The quantitative estimate of drug-likeness (QED) is 0.383. The average Bonchev–Trinajstić information content (AvgIpc) is 3.02. The molecule has 0 aliphatic carbocycles. The number of nitrogens with one attached hydrogen (secondary N) is 2. The highest BCUT2D eigenvalue weighted by Crippen LogP contribution is 2.44. The Balaban J connectivity index is 1.98. The van der Waals surface area contributed by atoms with Crippen LogP contribution in [-0.2, 0) is 25.0 Å². The minimum absolute atomic E-state index is 0.0462. The molecule has 3 rings (SSSR count). The summed E-state index contributed by atoms with van der Waals surface area (Å²) in [6.45, 7) is 2.37. The van der Waals surface area contributed by atoms with Crippen LogP contribution in [0.5, 0.6) is 0 Å². The summed E-state index contributed by atoms with van der Waals surface area (Å²) in [6.07, 6.45) is -7.60. The number of aliphatic hydroxyl groups is 1. The summed E-state index contributed by atoms with van der Waals surface area (Å²) < 4.78 is 86.7. The topological polar surface area (TPSA) is 122 Å². The molecule has 0 saturated heterocycles. The van der Waals surface area contributed by atoms with Crippen LogP contribution in [0.3, 0.4) is 0 Å². The molecule has 1 amide bonds. The number of hydrogen-bond acceptors (Lipinski definition) is 6. The van der Waals surface area contributed by atoms with Crippen LogP contribution in [0.25, 0.3) is 0 Å². The Hall–Kier alpha value is -3.19. The van der Waals surface area contributed by atoms with Crippen LogP contribution < -0.4 is 10.0 Å². The van der Waals surface area contributed by atoms with Gasteiger partial charge in [-0.1, -0.05) is 32.0 Å². The highest BCUT2D eigenvalue weighted by molar-refractivity contribution is 7.92. The molecule has 0 spiro atoms. The number of rotatable bonds is 7. The Bertz CT molecular complexity index is 1280. The second kappa shape index (κ2) is 8.79. The molecule has 13 heteroatoms. The molecule has 1 aliphatic rings. The number of halogens is 4. The second-order valence-electron chi connectivity index (χ2n) is 8.83. The van der Waals surface area contributed by atoms with Gasteiger partial charge < -0.3 is 15.2 Å². The van der Waals surface area contributed by atoms with Gasteiger partial charge in [-0.05, 0) is 35.2 Å². The van der Waals surface area contributed by atoms with Crippen molar-refractivity contribution in [3.05, 3.63) is 65.0 Å². The smallest absolute Gasteiger partial charge is 0.426 e. The van der Waals surface area contributed by atoms with Crippen molar-refractivity contribution in [2.45, 2.75) is 43.7 Å². The molecule has 0 fully saturated rings. The molecular weight excluding hydrogens is 496 g/mol. The number of carbonyl (C=O) groups excluding carboxylic acids is 2. The molecule has 0 radical (unpaired) electrons. The van der Waals surface area contributed by atoms with E-state index in [0.717, 1.165) is 24.5 Å². The van der Waals surface area contributed by atoms with Gasteiger partial charge in [0.15, 0.2) is 0 Å². The fourth-order valence-electron chi connectivity index (χ4n) is 3.90. The van der Waals surface area contributed by atoms with E-state index < -0.39 is 57.6 Å².